The third kappa shape index (κ3) is 4.09. The number of hydrogen-bond acceptors (Lipinski definition) is 4. The molecule has 0 spiro atoms. The molecule has 4 nitrogen and oxygen atoms in total. The Bertz CT molecular complexity index is 973. The summed E-state index contributed by atoms with van der Waals surface area (Å²) in [5.41, 5.74) is -1.09. The molecule has 0 fully saturated rings. The number of benzene rings is 2. The number of carbonyl (C=O) groups excluding carboxylic acids is 1. The standard InChI is InChI=1S/C18H11BrF6N2O2/c19-12-6-3-5-11(8-12)16(18(23,24)25)9-10-4-1-2-7-13(10)14(26-16)27-29-15(28)17(20,21)22/h1-8H,9H2,(H,26,27). The maximum atomic E-state index is 14.2. The summed E-state index contributed by atoms with van der Waals surface area (Å²) in [7, 11) is 0. The molecular formula is C18H11BrF6N2O2. The van der Waals surface area contributed by atoms with Gasteiger partial charge in [0.1, 0.15) is 0 Å². The molecule has 1 aliphatic rings. The lowest BCUT2D eigenvalue weighted by atomic mass is 9.80. The zero-order chi connectivity index (χ0) is 21.4. The monoisotopic (exact) mass is 480 g/mol. The molecule has 0 saturated heterocycles. The number of amidine groups is 1. The van der Waals surface area contributed by atoms with Gasteiger partial charge in [-0.15, -0.1) is 0 Å². The minimum Gasteiger partial charge on any atom is -0.334 e. The summed E-state index contributed by atoms with van der Waals surface area (Å²) in [4.78, 5) is 18.7. The fourth-order valence-electron chi connectivity index (χ4n) is 2.94. The minimum atomic E-state index is -5.33. The third-order valence-electron chi connectivity index (χ3n) is 4.26. The number of nitrogens with zero attached hydrogens (tertiary/aromatic N) is 1. The predicted molar refractivity (Wildman–Crippen MR) is 93.8 cm³/mol. The Morgan fingerprint density at radius 1 is 1.07 bits per heavy atom. The van der Waals surface area contributed by atoms with Crippen molar-refractivity contribution in [3.8, 4) is 0 Å². The normalized spacial score (nSPS) is 19.2. The van der Waals surface area contributed by atoms with E-state index in [2.05, 4.69) is 25.8 Å². The molecule has 1 atom stereocenters. The first-order valence-corrected chi connectivity index (χ1v) is 8.78. The van der Waals surface area contributed by atoms with E-state index in [1.54, 1.807) is 5.48 Å². The number of fused-ring (bicyclic) bond motifs is 1. The van der Waals surface area contributed by atoms with Crippen molar-refractivity contribution in [3.05, 3.63) is 69.7 Å². The van der Waals surface area contributed by atoms with Gasteiger partial charge in [-0.25, -0.2) is 9.79 Å². The van der Waals surface area contributed by atoms with Gasteiger partial charge in [-0.2, -0.15) is 31.8 Å². The summed E-state index contributed by atoms with van der Waals surface area (Å²) in [6.45, 7) is 0. The first kappa shape index (κ1) is 21.2. The van der Waals surface area contributed by atoms with Crippen LogP contribution in [0.4, 0.5) is 26.3 Å². The van der Waals surface area contributed by atoms with Gasteiger partial charge in [-0.3, -0.25) is 0 Å². The van der Waals surface area contributed by atoms with E-state index in [9.17, 15) is 31.1 Å². The maximum Gasteiger partial charge on any atom is 0.493 e. The molecular weight excluding hydrogens is 470 g/mol. The molecule has 0 aromatic heterocycles. The van der Waals surface area contributed by atoms with Gasteiger partial charge < -0.3 is 4.84 Å². The minimum absolute atomic E-state index is 0.0948. The van der Waals surface area contributed by atoms with Crippen molar-refractivity contribution in [2.45, 2.75) is 24.3 Å². The van der Waals surface area contributed by atoms with E-state index in [1.165, 1.54) is 48.5 Å². The number of alkyl halides is 6. The van der Waals surface area contributed by atoms with E-state index < -0.39 is 36.1 Å². The van der Waals surface area contributed by atoms with Gasteiger partial charge in [0.25, 0.3) is 0 Å². The smallest absolute Gasteiger partial charge is 0.334 e. The zero-order valence-electron chi connectivity index (χ0n) is 14.2. The predicted octanol–water partition coefficient (Wildman–Crippen LogP) is 4.82. The van der Waals surface area contributed by atoms with Crippen molar-refractivity contribution in [2.75, 3.05) is 0 Å². The maximum absolute atomic E-state index is 14.2. The molecule has 0 aliphatic carbocycles. The molecule has 11 heteroatoms. The van der Waals surface area contributed by atoms with Gasteiger partial charge in [0, 0.05) is 16.5 Å². The van der Waals surface area contributed by atoms with Crippen molar-refractivity contribution >= 4 is 27.7 Å². The number of hydrogen-bond donors (Lipinski definition) is 1. The van der Waals surface area contributed by atoms with Crippen LogP contribution in [-0.4, -0.2) is 24.2 Å². The average molecular weight is 481 g/mol. The number of carbonyl (C=O) groups is 1. The fraction of sp³-hybridized carbons (Fsp3) is 0.222. The lowest BCUT2D eigenvalue weighted by Crippen LogP contribution is -2.48. The quantitative estimate of drug-likeness (QED) is 0.470. The summed E-state index contributed by atoms with van der Waals surface area (Å²) < 4.78 is 80.3. The van der Waals surface area contributed by atoms with E-state index in [4.69, 9.17) is 0 Å². The van der Waals surface area contributed by atoms with Crippen LogP contribution in [0.25, 0.3) is 0 Å². The lowest BCUT2D eigenvalue weighted by molar-refractivity contribution is -0.204. The Labute approximate surface area is 168 Å². The first-order valence-electron chi connectivity index (χ1n) is 7.99. The summed E-state index contributed by atoms with van der Waals surface area (Å²) in [6, 6.07) is 11.1. The van der Waals surface area contributed by atoms with Crippen LogP contribution in [0.15, 0.2) is 58.0 Å². The second kappa shape index (κ2) is 7.36. The van der Waals surface area contributed by atoms with Crippen LogP contribution >= 0.6 is 15.9 Å². The van der Waals surface area contributed by atoms with Gasteiger partial charge in [-0.1, -0.05) is 52.3 Å². The highest BCUT2D eigenvalue weighted by atomic mass is 79.9. The van der Waals surface area contributed by atoms with Gasteiger partial charge in [-0.05, 0) is 23.3 Å². The van der Waals surface area contributed by atoms with E-state index in [0.717, 1.165) is 0 Å². The van der Waals surface area contributed by atoms with Gasteiger partial charge in [0.2, 0.25) is 0 Å². The van der Waals surface area contributed by atoms with Crippen molar-refractivity contribution in [3.63, 3.8) is 0 Å². The largest absolute Gasteiger partial charge is 0.493 e. The molecule has 154 valence electrons. The molecule has 1 N–H and O–H groups in total. The zero-order valence-corrected chi connectivity index (χ0v) is 15.8. The van der Waals surface area contributed by atoms with Gasteiger partial charge in [0.15, 0.2) is 11.4 Å². The van der Waals surface area contributed by atoms with Crippen LogP contribution in [-0.2, 0) is 21.6 Å². The Hall–Kier alpha value is -2.56. The first-order chi connectivity index (χ1) is 13.4. The molecule has 1 unspecified atom stereocenters. The lowest BCUT2D eigenvalue weighted by Gasteiger charge is -2.37. The summed E-state index contributed by atoms with van der Waals surface area (Å²) >= 11 is 3.11. The molecule has 0 bridgehead atoms. The second-order valence-corrected chi connectivity index (χ2v) is 7.07. The Morgan fingerprint density at radius 3 is 2.38 bits per heavy atom. The average Bonchev–Trinajstić information content (AvgIpc) is 2.63. The molecule has 2 aromatic rings. The van der Waals surface area contributed by atoms with Crippen LogP contribution in [0, 0.1) is 0 Å². The molecule has 0 saturated carbocycles. The Kier molecular flexibility index (Phi) is 5.37. The SMILES string of the molecule is O=C(ONC1=NC(c2cccc(Br)c2)(C(F)(F)F)Cc2ccccc21)C(F)(F)F. The van der Waals surface area contributed by atoms with Crippen molar-refractivity contribution in [1.82, 2.24) is 5.48 Å². The number of nitrogens with one attached hydrogen (secondary N) is 1. The Morgan fingerprint density at radius 2 is 1.76 bits per heavy atom. The molecule has 0 amide bonds. The highest BCUT2D eigenvalue weighted by Gasteiger charge is 2.58. The number of aliphatic imine (C=N–C) groups is 1. The highest BCUT2D eigenvalue weighted by molar-refractivity contribution is 9.10. The van der Waals surface area contributed by atoms with Crippen LogP contribution in [0.2, 0.25) is 0 Å². The van der Waals surface area contributed by atoms with Crippen molar-refractivity contribution in [1.29, 1.82) is 0 Å². The van der Waals surface area contributed by atoms with Gasteiger partial charge >= 0.3 is 18.3 Å². The van der Waals surface area contributed by atoms with E-state index in [-0.39, 0.29) is 16.7 Å². The molecule has 3 rings (SSSR count). The van der Waals surface area contributed by atoms with E-state index >= 15 is 0 Å². The number of rotatable bonds is 1. The molecule has 29 heavy (non-hydrogen) atoms. The molecule has 1 aliphatic heterocycles. The topological polar surface area (TPSA) is 50.7 Å². The van der Waals surface area contributed by atoms with Crippen molar-refractivity contribution in [2.24, 2.45) is 4.99 Å². The summed E-state index contributed by atoms with van der Waals surface area (Å²) in [5.74, 6) is -3.25. The fourth-order valence-corrected chi connectivity index (χ4v) is 3.34. The molecule has 1 heterocycles. The summed E-state index contributed by atoms with van der Waals surface area (Å²) in [5, 5.41) is 0. The van der Waals surface area contributed by atoms with Gasteiger partial charge in [0.05, 0.1) is 0 Å². The third-order valence-corrected chi connectivity index (χ3v) is 4.76. The second-order valence-electron chi connectivity index (χ2n) is 6.15. The molecule has 2 aromatic carbocycles. The van der Waals surface area contributed by atoms with E-state index in [1.807, 2.05) is 0 Å². The number of hydroxylamine groups is 1. The number of halogens is 7. The summed E-state index contributed by atoms with van der Waals surface area (Å²) in [6.07, 6.45) is -10.8. The van der Waals surface area contributed by atoms with Crippen LogP contribution in [0.5, 0.6) is 0 Å². The van der Waals surface area contributed by atoms with Crippen LogP contribution < -0.4 is 5.48 Å². The highest BCUT2D eigenvalue weighted by Crippen LogP contribution is 2.48. The Balaban J connectivity index is 2.14. The van der Waals surface area contributed by atoms with E-state index in [0.29, 0.717) is 4.47 Å². The van der Waals surface area contributed by atoms with Crippen LogP contribution in [0.1, 0.15) is 16.7 Å². The molecule has 0 radical (unpaired) electrons. The van der Waals surface area contributed by atoms with Crippen LogP contribution in [0.3, 0.4) is 0 Å². The van der Waals surface area contributed by atoms with Crippen molar-refractivity contribution < 1.29 is 36.0 Å².